The van der Waals surface area contributed by atoms with Crippen LogP contribution in [0.15, 0.2) is 48.5 Å². The van der Waals surface area contributed by atoms with Crippen LogP contribution in [-0.2, 0) is 4.79 Å². The van der Waals surface area contributed by atoms with Gasteiger partial charge in [-0.3, -0.25) is 4.79 Å². The summed E-state index contributed by atoms with van der Waals surface area (Å²) in [6.45, 7) is 2.83. The molecular weight excluding hydrogens is 355 g/mol. The summed E-state index contributed by atoms with van der Waals surface area (Å²) in [7, 11) is 0. The van der Waals surface area contributed by atoms with Crippen LogP contribution in [0.3, 0.4) is 0 Å². The summed E-state index contributed by atoms with van der Waals surface area (Å²) in [6.07, 6.45) is 2.60. The van der Waals surface area contributed by atoms with E-state index in [0.717, 1.165) is 19.4 Å². The summed E-state index contributed by atoms with van der Waals surface area (Å²) >= 11 is 0. The molecule has 1 aliphatic rings. The molecule has 0 spiro atoms. The topological polar surface area (TPSA) is 50.4 Å². The Morgan fingerprint density at radius 1 is 1.31 bits per heavy atom. The predicted octanol–water partition coefficient (Wildman–Crippen LogP) is 4.36. The molecule has 0 bridgehead atoms. The van der Waals surface area contributed by atoms with Crippen molar-refractivity contribution in [3.8, 4) is 11.5 Å². The SMILES string of the molecule is CC(NC(=O)CC1CCCN1)c1ccc(Oc2ccccc2)c(F)c1.Cl. The van der Waals surface area contributed by atoms with Crippen LogP contribution < -0.4 is 15.4 Å². The van der Waals surface area contributed by atoms with Crippen molar-refractivity contribution in [1.29, 1.82) is 0 Å². The first kappa shape index (κ1) is 20.2. The van der Waals surface area contributed by atoms with Gasteiger partial charge in [0.2, 0.25) is 5.91 Å². The van der Waals surface area contributed by atoms with E-state index in [2.05, 4.69) is 10.6 Å². The molecule has 140 valence electrons. The second-order valence-electron chi connectivity index (χ2n) is 6.39. The highest BCUT2D eigenvalue weighted by molar-refractivity contribution is 5.85. The van der Waals surface area contributed by atoms with Crippen molar-refractivity contribution >= 4 is 18.3 Å². The largest absolute Gasteiger partial charge is 0.454 e. The lowest BCUT2D eigenvalue weighted by Crippen LogP contribution is -2.33. The van der Waals surface area contributed by atoms with E-state index in [1.807, 2.05) is 25.1 Å². The Hall–Kier alpha value is -2.11. The maximum absolute atomic E-state index is 14.3. The van der Waals surface area contributed by atoms with Gasteiger partial charge in [0.05, 0.1) is 6.04 Å². The fourth-order valence-electron chi connectivity index (χ4n) is 3.02. The minimum atomic E-state index is -0.445. The Labute approximate surface area is 159 Å². The number of carbonyl (C=O) groups excluding carboxylic acids is 1. The fourth-order valence-corrected chi connectivity index (χ4v) is 3.02. The molecule has 0 aliphatic carbocycles. The Morgan fingerprint density at radius 3 is 2.73 bits per heavy atom. The number of nitrogens with one attached hydrogen (secondary N) is 2. The molecule has 0 radical (unpaired) electrons. The average molecular weight is 379 g/mol. The minimum absolute atomic E-state index is 0. The van der Waals surface area contributed by atoms with Crippen molar-refractivity contribution in [2.75, 3.05) is 6.54 Å². The molecule has 4 nitrogen and oxygen atoms in total. The van der Waals surface area contributed by atoms with E-state index in [9.17, 15) is 9.18 Å². The second-order valence-corrected chi connectivity index (χ2v) is 6.39. The van der Waals surface area contributed by atoms with Crippen molar-refractivity contribution in [2.45, 2.75) is 38.3 Å². The van der Waals surface area contributed by atoms with Gasteiger partial charge >= 0.3 is 0 Å². The van der Waals surface area contributed by atoms with Gasteiger partial charge in [-0.1, -0.05) is 24.3 Å². The Morgan fingerprint density at radius 2 is 2.08 bits per heavy atom. The number of hydrogen-bond donors (Lipinski definition) is 2. The first-order chi connectivity index (χ1) is 12.1. The minimum Gasteiger partial charge on any atom is -0.454 e. The smallest absolute Gasteiger partial charge is 0.222 e. The highest BCUT2D eigenvalue weighted by Gasteiger charge is 2.19. The van der Waals surface area contributed by atoms with Crippen LogP contribution in [-0.4, -0.2) is 18.5 Å². The molecule has 6 heteroatoms. The number of benzene rings is 2. The standard InChI is InChI=1S/C20H23FN2O2.ClH/c1-14(23-20(24)13-16-6-5-11-22-16)15-9-10-19(18(21)12-15)25-17-7-3-2-4-8-17;/h2-4,7-10,12,14,16,22H,5-6,11,13H2,1H3,(H,23,24);1H. The number of para-hydroxylation sites is 1. The maximum atomic E-state index is 14.3. The van der Waals surface area contributed by atoms with Crippen LogP contribution in [0.1, 0.15) is 37.8 Å². The molecule has 2 aromatic rings. The molecule has 1 heterocycles. The average Bonchev–Trinajstić information content (AvgIpc) is 3.10. The van der Waals surface area contributed by atoms with Crippen molar-refractivity contribution in [3.05, 3.63) is 59.9 Å². The molecule has 3 rings (SSSR count). The Balaban J connectivity index is 0.00000243. The van der Waals surface area contributed by atoms with Gasteiger partial charge in [-0.15, -0.1) is 12.4 Å². The number of ether oxygens (including phenoxy) is 1. The van der Waals surface area contributed by atoms with E-state index in [4.69, 9.17) is 4.74 Å². The van der Waals surface area contributed by atoms with Gasteiger partial charge in [-0.2, -0.15) is 0 Å². The van der Waals surface area contributed by atoms with E-state index in [-0.39, 0.29) is 36.1 Å². The third-order valence-electron chi connectivity index (χ3n) is 4.40. The molecule has 26 heavy (non-hydrogen) atoms. The summed E-state index contributed by atoms with van der Waals surface area (Å²) in [5, 5.41) is 6.24. The molecule has 2 N–H and O–H groups in total. The number of rotatable bonds is 6. The van der Waals surface area contributed by atoms with Crippen LogP contribution in [0.2, 0.25) is 0 Å². The van der Waals surface area contributed by atoms with E-state index in [1.54, 1.807) is 24.3 Å². The van der Waals surface area contributed by atoms with Gasteiger partial charge in [-0.25, -0.2) is 4.39 Å². The van der Waals surface area contributed by atoms with Gasteiger partial charge in [0.1, 0.15) is 5.75 Å². The summed E-state index contributed by atoms with van der Waals surface area (Å²) < 4.78 is 19.9. The molecule has 2 unspecified atom stereocenters. The van der Waals surface area contributed by atoms with E-state index in [1.165, 1.54) is 6.07 Å². The van der Waals surface area contributed by atoms with Gasteiger partial charge in [-0.05, 0) is 56.1 Å². The van der Waals surface area contributed by atoms with Crippen LogP contribution in [0.25, 0.3) is 0 Å². The zero-order valence-corrected chi connectivity index (χ0v) is 15.5. The lowest BCUT2D eigenvalue weighted by molar-refractivity contribution is -0.122. The molecule has 0 aromatic heterocycles. The first-order valence-corrected chi connectivity index (χ1v) is 8.67. The lowest BCUT2D eigenvalue weighted by Gasteiger charge is -2.17. The fraction of sp³-hybridized carbons (Fsp3) is 0.350. The van der Waals surface area contributed by atoms with Crippen molar-refractivity contribution in [1.82, 2.24) is 10.6 Å². The van der Waals surface area contributed by atoms with Crippen molar-refractivity contribution in [2.24, 2.45) is 0 Å². The molecule has 2 aromatic carbocycles. The number of halogens is 2. The highest BCUT2D eigenvalue weighted by Crippen LogP contribution is 2.26. The second kappa shape index (κ2) is 9.55. The maximum Gasteiger partial charge on any atom is 0.222 e. The molecular formula is C20H24ClFN2O2. The van der Waals surface area contributed by atoms with Gasteiger partial charge < -0.3 is 15.4 Å². The molecule has 0 saturated carbocycles. The Bertz CT molecular complexity index is 721. The van der Waals surface area contributed by atoms with Gasteiger partial charge in [0, 0.05) is 12.5 Å². The first-order valence-electron chi connectivity index (χ1n) is 8.67. The number of hydrogen-bond acceptors (Lipinski definition) is 3. The summed E-state index contributed by atoms with van der Waals surface area (Å²) in [5.41, 5.74) is 0.714. The van der Waals surface area contributed by atoms with Crippen LogP contribution in [0.4, 0.5) is 4.39 Å². The van der Waals surface area contributed by atoms with E-state index in [0.29, 0.717) is 17.7 Å². The summed E-state index contributed by atoms with van der Waals surface area (Å²) in [5.74, 6) is 0.292. The summed E-state index contributed by atoms with van der Waals surface area (Å²) in [6, 6.07) is 13.9. The molecule has 1 fully saturated rings. The molecule has 1 amide bonds. The van der Waals surface area contributed by atoms with Gasteiger partial charge in [0.25, 0.3) is 0 Å². The third-order valence-corrected chi connectivity index (χ3v) is 4.40. The zero-order valence-electron chi connectivity index (χ0n) is 14.7. The summed E-state index contributed by atoms with van der Waals surface area (Å²) in [4.78, 5) is 12.1. The third kappa shape index (κ3) is 5.44. The molecule has 1 saturated heterocycles. The normalized spacial score (nSPS) is 17.2. The monoisotopic (exact) mass is 378 g/mol. The van der Waals surface area contributed by atoms with Crippen LogP contribution in [0.5, 0.6) is 11.5 Å². The zero-order chi connectivity index (χ0) is 17.6. The van der Waals surface area contributed by atoms with Crippen molar-refractivity contribution < 1.29 is 13.9 Å². The van der Waals surface area contributed by atoms with Crippen LogP contribution in [0, 0.1) is 5.82 Å². The van der Waals surface area contributed by atoms with E-state index < -0.39 is 5.82 Å². The number of carbonyl (C=O) groups is 1. The molecule has 2 atom stereocenters. The predicted molar refractivity (Wildman–Crippen MR) is 102 cm³/mol. The molecule has 1 aliphatic heterocycles. The highest BCUT2D eigenvalue weighted by atomic mass is 35.5. The Kier molecular flexibility index (Phi) is 7.42. The number of amides is 1. The quantitative estimate of drug-likeness (QED) is 0.785. The van der Waals surface area contributed by atoms with Crippen molar-refractivity contribution in [3.63, 3.8) is 0 Å². The van der Waals surface area contributed by atoms with E-state index >= 15 is 0 Å². The van der Waals surface area contributed by atoms with Crippen LogP contribution >= 0.6 is 12.4 Å². The van der Waals surface area contributed by atoms with Gasteiger partial charge in [0.15, 0.2) is 11.6 Å². The lowest BCUT2D eigenvalue weighted by atomic mass is 10.1.